The Morgan fingerprint density at radius 2 is 2.24 bits per heavy atom. The van der Waals surface area contributed by atoms with Crippen LogP contribution in [0.4, 0.5) is 0 Å². The van der Waals surface area contributed by atoms with Crippen LogP contribution in [0.3, 0.4) is 0 Å². The van der Waals surface area contributed by atoms with Gasteiger partial charge in [0.25, 0.3) is 0 Å². The van der Waals surface area contributed by atoms with Crippen LogP contribution >= 0.6 is 0 Å². The van der Waals surface area contributed by atoms with E-state index in [4.69, 9.17) is 5.73 Å². The molecule has 0 aromatic heterocycles. The van der Waals surface area contributed by atoms with Gasteiger partial charge in [0, 0.05) is 13.1 Å². The van der Waals surface area contributed by atoms with Gasteiger partial charge in [-0.3, -0.25) is 4.79 Å². The van der Waals surface area contributed by atoms with Crippen molar-refractivity contribution in [3.8, 4) is 0 Å². The molecule has 1 amide bonds. The van der Waals surface area contributed by atoms with Crippen molar-refractivity contribution in [2.75, 3.05) is 13.1 Å². The highest BCUT2D eigenvalue weighted by Crippen LogP contribution is 2.50. The van der Waals surface area contributed by atoms with Crippen LogP contribution in [-0.2, 0) is 4.79 Å². The summed E-state index contributed by atoms with van der Waals surface area (Å²) in [5.74, 6) is 0.965. The van der Waals surface area contributed by atoms with E-state index in [1.54, 1.807) is 0 Å². The molecule has 1 saturated heterocycles. The molecular weight excluding hydrogens is 212 g/mol. The molecule has 0 radical (unpaired) electrons. The Kier molecular flexibility index (Phi) is 3.76. The van der Waals surface area contributed by atoms with Gasteiger partial charge in [0.2, 0.25) is 5.91 Å². The lowest BCUT2D eigenvalue weighted by atomic mass is 9.59. The van der Waals surface area contributed by atoms with E-state index < -0.39 is 0 Å². The first-order valence-electron chi connectivity index (χ1n) is 7.13. The monoisotopic (exact) mass is 238 g/mol. The third-order valence-corrected chi connectivity index (χ3v) is 4.96. The van der Waals surface area contributed by atoms with Gasteiger partial charge in [0.1, 0.15) is 0 Å². The smallest absolute Gasteiger partial charge is 0.239 e. The van der Waals surface area contributed by atoms with Gasteiger partial charge in [-0.2, -0.15) is 0 Å². The predicted molar refractivity (Wildman–Crippen MR) is 69.5 cm³/mol. The first-order chi connectivity index (χ1) is 8.09. The molecule has 2 unspecified atom stereocenters. The summed E-state index contributed by atoms with van der Waals surface area (Å²) in [5, 5.41) is 0. The van der Waals surface area contributed by atoms with E-state index in [9.17, 15) is 4.79 Å². The van der Waals surface area contributed by atoms with Crippen LogP contribution in [0.1, 0.15) is 52.4 Å². The van der Waals surface area contributed by atoms with Crippen LogP contribution in [0.15, 0.2) is 0 Å². The highest BCUT2D eigenvalue weighted by Gasteiger charge is 2.46. The van der Waals surface area contributed by atoms with E-state index in [1.807, 2.05) is 4.90 Å². The minimum Gasteiger partial charge on any atom is -0.341 e. The maximum absolute atomic E-state index is 12.2. The third-order valence-electron chi connectivity index (χ3n) is 4.96. The molecule has 1 heterocycles. The molecule has 2 atom stereocenters. The SMILES string of the molecule is CCCC(N)C(=O)N1CCC(C)C2(CCC2)C1. The average Bonchev–Trinajstić information content (AvgIpc) is 2.27. The van der Waals surface area contributed by atoms with E-state index in [-0.39, 0.29) is 11.9 Å². The molecule has 17 heavy (non-hydrogen) atoms. The summed E-state index contributed by atoms with van der Waals surface area (Å²) in [5.41, 5.74) is 6.39. The van der Waals surface area contributed by atoms with Crippen molar-refractivity contribution in [3.63, 3.8) is 0 Å². The van der Waals surface area contributed by atoms with Crippen molar-refractivity contribution in [3.05, 3.63) is 0 Å². The van der Waals surface area contributed by atoms with Crippen molar-refractivity contribution in [1.82, 2.24) is 4.90 Å². The predicted octanol–water partition coefficient (Wildman–Crippen LogP) is 2.15. The van der Waals surface area contributed by atoms with Gasteiger partial charge >= 0.3 is 0 Å². The number of hydrogen-bond donors (Lipinski definition) is 1. The van der Waals surface area contributed by atoms with Crippen molar-refractivity contribution in [2.45, 2.75) is 58.4 Å². The van der Waals surface area contributed by atoms with E-state index >= 15 is 0 Å². The number of likely N-dealkylation sites (tertiary alicyclic amines) is 1. The number of carbonyl (C=O) groups excluding carboxylic acids is 1. The minimum atomic E-state index is -0.273. The van der Waals surface area contributed by atoms with Crippen molar-refractivity contribution >= 4 is 5.91 Å². The summed E-state index contributed by atoms with van der Waals surface area (Å²) in [6, 6.07) is -0.273. The number of amides is 1. The molecule has 1 aliphatic carbocycles. The second-order valence-corrected chi connectivity index (χ2v) is 6.06. The van der Waals surface area contributed by atoms with Gasteiger partial charge in [-0.1, -0.05) is 26.7 Å². The zero-order valence-corrected chi connectivity index (χ0v) is 11.2. The maximum atomic E-state index is 12.2. The second-order valence-electron chi connectivity index (χ2n) is 6.06. The molecule has 0 aromatic rings. The van der Waals surface area contributed by atoms with E-state index in [2.05, 4.69) is 13.8 Å². The molecule has 0 aromatic carbocycles. The van der Waals surface area contributed by atoms with Crippen molar-refractivity contribution in [1.29, 1.82) is 0 Å². The lowest BCUT2D eigenvalue weighted by Gasteiger charge is -2.53. The summed E-state index contributed by atoms with van der Waals surface area (Å²) in [6.45, 7) is 6.31. The van der Waals surface area contributed by atoms with Gasteiger partial charge in [0.05, 0.1) is 6.04 Å². The average molecular weight is 238 g/mol. The topological polar surface area (TPSA) is 46.3 Å². The van der Waals surface area contributed by atoms with E-state index in [0.29, 0.717) is 5.41 Å². The van der Waals surface area contributed by atoms with Crippen LogP contribution in [0.2, 0.25) is 0 Å². The van der Waals surface area contributed by atoms with Crippen LogP contribution < -0.4 is 5.73 Å². The molecule has 1 aliphatic heterocycles. The molecule has 2 aliphatic rings. The molecule has 2 rings (SSSR count). The molecule has 98 valence electrons. The third kappa shape index (κ3) is 2.35. The molecule has 3 heteroatoms. The number of nitrogens with two attached hydrogens (primary N) is 1. The Morgan fingerprint density at radius 3 is 2.76 bits per heavy atom. The number of rotatable bonds is 3. The van der Waals surface area contributed by atoms with E-state index in [1.165, 1.54) is 19.3 Å². The fourth-order valence-electron chi connectivity index (χ4n) is 3.41. The van der Waals surface area contributed by atoms with Gasteiger partial charge in [-0.05, 0) is 37.0 Å². The van der Waals surface area contributed by atoms with Gasteiger partial charge in [-0.15, -0.1) is 0 Å². The Bertz CT molecular complexity index is 286. The lowest BCUT2D eigenvalue weighted by molar-refractivity contribution is -0.140. The first kappa shape index (κ1) is 12.9. The van der Waals surface area contributed by atoms with Crippen LogP contribution in [0, 0.1) is 11.3 Å². The van der Waals surface area contributed by atoms with Crippen LogP contribution in [-0.4, -0.2) is 29.9 Å². The molecule has 1 saturated carbocycles. The first-order valence-corrected chi connectivity index (χ1v) is 7.13. The summed E-state index contributed by atoms with van der Waals surface area (Å²) in [4.78, 5) is 14.3. The van der Waals surface area contributed by atoms with Gasteiger partial charge in [-0.25, -0.2) is 0 Å². The maximum Gasteiger partial charge on any atom is 0.239 e. The highest BCUT2D eigenvalue weighted by atomic mass is 16.2. The standard InChI is InChI=1S/C14H26N2O/c1-3-5-12(15)13(17)16-9-6-11(2)14(10-16)7-4-8-14/h11-12H,3-10,15H2,1-2H3. The Morgan fingerprint density at radius 1 is 1.53 bits per heavy atom. The summed E-state index contributed by atoms with van der Waals surface area (Å²) in [6.07, 6.45) is 6.92. The molecule has 2 N–H and O–H groups in total. The number of hydrogen-bond acceptors (Lipinski definition) is 2. The molecular formula is C14H26N2O. The largest absolute Gasteiger partial charge is 0.341 e. The number of nitrogens with zero attached hydrogens (tertiary/aromatic N) is 1. The number of carbonyl (C=O) groups is 1. The fourth-order valence-corrected chi connectivity index (χ4v) is 3.41. The van der Waals surface area contributed by atoms with Gasteiger partial charge < -0.3 is 10.6 Å². The Hall–Kier alpha value is -0.570. The summed E-state index contributed by atoms with van der Waals surface area (Å²) < 4.78 is 0. The number of piperidine rings is 1. The molecule has 0 bridgehead atoms. The Balaban J connectivity index is 1.96. The minimum absolute atomic E-state index is 0.185. The lowest BCUT2D eigenvalue weighted by Crippen LogP contribution is -2.56. The Labute approximate surface area is 105 Å². The molecule has 2 fully saturated rings. The summed E-state index contributed by atoms with van der Waals surface area (Å²) in [7, 11) is 0. The highest BCUT2D eigenvalue weighted by molar-refractivity contribution is 5.81. The van der Waals surface area contributed by atoms with Crippen LogP contribution in [0.5, 0.6) is 0 Å². The fraction of sp³-hybridized carbons (Fsp3) is 0.929. The zero-order valence-electron chi connectivity index (χ0n) is 11.2. The van der Waals surface area contributed by atoms with Gasteiger partial charge in [0.15, 0.2) is 0 Å². The van der Waals surface area contributed by atoms with Crippen molar-refractivity contribution in [2.24, 2.45) is 17.1 Å². The molecule has 1 spiro atoms. The van der Waals surface area contributed by atoms with Crippen molar-refractivity contribution < 1.29 is 4.79 Å². The summed E-state index contributed by atoms with van der Waals surface area (Å²) >= 11 is 0. The second kappa shape index (κ2) is 4.97. The quantitative estimate of drug-likeness (QED) is 0.819. The molecule has 3 nitrogen and oxygen atoms in total. The van der Waals surface area contributed by atoms with E-state index in [0.717, 1.165) is 38.3 Å². The normalized spacial score (nSPS) is 28.9. The zero-order chi connectivity index (χ0) is 12.5. The van der Waals surface area contributed by atoms with Crippen LogP contribution in [0.25, 0.3) is 0 Å².